The van der Waals surface area contributed by atoms with Crippen molar-refractivity contribution in [3.05, 3.63) is 33.9 Å². The number of ether oxygens (including phenoxy) is 2. The van der Waals surface area contributed by atoms with E-state index in [0.29, 0.717) is 31.4 Å². The normalized spacial score (nSPS) is 17.9. The van der Waals surface area contributed by atoms with E-state index in [1.807, 2.05) is 13.0 Å². The molecule has 6 nitrogen and oxygen atoms in total. The van der Waals surface area contributed by atoms with Crippen molar-refractivity contribution in [1.29, 1.82) is 0 Å². The third kappa shape index (κ3) is 4.41. The molecule has 0 saturated carbocycles. The summed E-state index contributed by atoms with van der Waals surface area (Å²) in [5.41, 5.74) is 1.51. The minimum absolute atomic E-state index is 0.105. The summed E-state index contributed by atoms with van der Waals surface area (Å²) in [4.78, 5) is 10.8. The van der Waals surface area contributed by atoms with Crippen molar-refractivity contribution in [3.63, 3.8) is 0 Å². The summed E-state index contributed by atoms with van der Waals surface area (Å²) in [6.07, 6.45) is 1.93. The zero-order valence-electron chi connectivity index (χ0n) is 12.3. The molecule has 6 heteroatoms. The predicted octanol–water partition coefficient (Wildman–Crippen LogP) is 2.97. The highest BCUT2D eigenvalue weighted by atomic mass is 16.6. The van der Waals surface area contributed by atoms with Gasteiger partial charge in [0.25, 0.3) is 5.69 Å². The lowest BCUT2D eigenvalue weighted by Crippen LogP contribution is -2.11. The predicted molar refractivity (Wildman–Crippen MR) is 80.5 cm³/mol. The van der Waals surface area contributed by atoms with Crippen LogP contribution in [0.3, 0.4) is 0 Å². The molecule has 1 saturated heterocycles. The molecule has 1 atom stereocenters. The molecule has 0 aromatic heterocycles. The molecule has 116 valence electrons. The number of nitro groups is 1. The van der Waals surface area contributed by atoms with Crippen LogP contribution in [0.25, 0.3) is 0 Å². The average molecular weight is 294 g/mol. The second-order valence-electron chi connectivity index (χ2n) is 5.24. The fraction of sp³-hybridized carbons (Fsp3) is 0.600. The van der Waals surface area contributed by atoms with Gasteiger partial charge in [0.15, 0.2) is 0 Å². The first-order valence-corrected chi connectivity index (χ1v) is 7.38. The molecule has 1 aliphatic rings. The molecule has 21 heavy (non-hydrogen) atoms. The first-order valence-electron chi connectivity index (χ1n) is 7.38. The molecule has 0 spiro atoms. The van der Waals surface area contributed by atoms with Crippen LogP contribution in [0.2, 0.25) is 0 Å². The van der Waals surface area contributed by atoms with E-state index in [-0.39, 0.29) is 10.6 Å². The van der Waals surface area contributed by atoms with E-state index < -0.39 is 0 Å². The zero-order chi connectivity index (χ0) is 15.1. The second kappa shape index (κ2) is 7.95. The number of nitrogens with one attached hydrogen (secondary N) is 1. The standard InChI is InChI=1S/C15H22N2O4/c1-2-7-16-15-13(4-3-5-14(15)17(18)19)11-21-10-12-6-8-20-9-12/h3-5,12,16H,2,6-11H2,1H3. The lowest BCUT2D eigenvalue weighted by Gasteiger charge is -2.13. The van der Waals surface area contributed by atoms with Crippen molar-refractivity contribution in [2.75, 3.05) is 31.7 Å². The Kier molecular flexibility index (Phi) is 5.95. The molecule has 0 radical (unpaired) electrons. The summed E-state index contributed by atoms with van der Waals surface area (Å²) in [6, 6.07) is 5.09. The molecule has 2 rings (SSSR count). The van der Waals surface area contributed by atoms with E-state index in [1.165, 1.54) is 6.07 Å². The first-order chi connectivity index (χ1) is 10.2. The van der Waals surface area contributed by atoms with Crippen molar-refractivity contribution in [3.8, 4) is 0 Å². The summed E-state index contributed by atoms with van der Waals surface area (Å²) >= 11 is 0. The lowest BCUT2D eigenvalue weighted by molar-refractivity contribution is -0.384. The van der Waals surface area contributed by atoms with Gasteiger partial charge in [-0.3, -0.25) is 10.1 Å². The van der Waals surface area contributed by atoms with Gasteiger partial charge in [0.1, 0.15) is 5.69 Å². The number of nitro benzene ring substituents is 1. The molecule has 0 bridgehead atoms. The molecular weight excluding hydrogens is 272 g/mol. The highest BCUT2D eigenvalue weighted by Gasteiger charge is 2.19. The Bertz CT molecular complexity index is 473. The van der Waals surface area contributed by atoms with Crippen LogP contribution < -0.4 is 5.32 Å². The van der Waals surface area contributed by atoms with Gasteiger partial charge < -0.3 is 14.8 Å². The Morgan fingerprint density at radius 3 is 3.05 bits per heavy atom. The van der Waals surface area contributed by atoms with Crippen LogP contribution in [-0.2, 0) is 16.1 Å². The van der Waals surface area contributed by atoms with E-state index in [9.17, 15) is 10.1 Å². The minimum Gasteiger partial charge on any atom is -0.381 e. The molecule has 1 N–H and O–H groups in total. The number of para-hydroxylation sites is 1. The molecule has 1 fully saturated rings. The Morgan fingerprint density at radius 1 is 1.52 bits per heavy atom. The molecule has 1 aromatic rings. The van der Waals surface area contributed by atoms with Crippen LogP contribution in [0.15, 0.2) is 18.2 Å². The highest BCUT2D eigenvalue weighted by molar-refractivity contribution is 5.66. The van der Waals surface area contributed by atoms with Crippen molar-refractivity contribution in [2.45, 2.75) is 26.4 Å². The van der Waals surface area contributed by atoms with Crippen molar-refractivity contribution >= 4 is 11.4 Å². The lowest BCUT2D eigenvalue weighted by atomic mass is 10.1. The van der Waals surface area contributed by atoms with Crippen LogP contribution in [-0.4, -0.2) is 31.3 Å². The summed E-state index contributed by atoms with van der Waals surface area (Å²) in [5, 5.41) is 14.3. The molecule has 1 aromatic carbocycles. The molecule has 0 aliphatic carbocycles. The molecule has 1 heterocycles. The maximum atomic E-state index is 11.1. The van der Waals surface area contributed by atoms with Gasteiger partial charge in [-0.05, 0) is 12.8 Å². The quantitative estimate of drug-likeness (QED) is 0.589. The van der Waals surface area contributed by atoms with Crippen molar-refractivity contribution in [1.82, 2.24) is 0 Å². The summed E-state index contributed by atoms with van der Waals surface area (Å²) < 4.78 is 11.0. The van der Waals surface area contributed by atoms with E-state index in [0.717, 1.165) is 31.6 Å². The van der Waals surface area contributed by atoms with Gasteiger partial charge in [-0.2, -0.15) is 0 Å². The molecule has 1 unspecified atom stereocenters. The van der Waals surface area contributed by atoms with Crippen LogP contribution >= 0.6 is 0 Å². The SMILES string of the molecule is CCCNc1c(COCC2CCOC2)cccc1[N+](=O)[O-]. The number of anilines is 1. The number of nitrogens with zero attached hydrogens (tertiary/aromatic N) is 1. The molecule has 1 aliphatic heterocycles. The first kappa shape index (κ1) is 15.7. The monoisotopic (exact) mass is 294 g/mol. The topological polar surface area (TPSA) is 73.6 Å². The van der Waals surface area contributed by atoms with Gasteiger partial charge in [-0.25, -0.2) is 0 Å². The Morgan fingerprint density at radius 2 is 2.38 bits per heavy atom. The summed E-state index contributed by atoms with van der Waals surface area (Å²) in [7, 11) is 0. The second-order valence-corrected chi connectivity index (χ2v) is 5.24. The fourth-order valence-electron chi connectivity index (χ4n) is 2.36. The number of hydrogen-bond donors (Lipinski definition) is 1. The Labute approximate surface area is 124 Å². The van der Waals surface area contributed by atoms with Gasteiger partial charge in [0, 0.05) is 30.7 Å². The fourth-order valence-corrected chi connectivity index (χ4v) is 2.36. The Hall–Kier alpha value is -1.66. The van der Waals surface area contributed by atoms with Crippen LogP contribution in [0.5, 0.6) is 0 Å². The third-order valence-electron chi connectivity index (χ3n) is 3.51. The minimum atomic E-state index is -0.355. The smallest absolute Gasteiger partial charge is 0.292 e. The van der Waals surface area contributed by atoms with E-state index in [1.54, 1.807) is 6.07 Å². The summed E-state index contributed by atoms with van der Waals surface area (Å²) in [5.74, 6) is 0.441. The van der Waals surface area contributed by atoms with Gasteiger partial charge in [-0.1, -0.05) is 19.1 Å². The van der Waals surface area contributed by atoms with Gasteiger partial charge >= 0.3 is 0 Å². The number of benzene rings is 1. The van der Waals surface area contributed by atoms with Gasteiger partial charge in [0.05, 0.1) is 24.7 Å². The average Bonchev–Trinajstić information content (AvgIpc) is 2.98. The zero-order valence-corrected chi connectivity index (χ0v) is 12.3. The van der Waals surface area contributed by atoms with Crippen molar-refractivity contribution < 1.29 is 14.4 Å². The molecule has 0 amide bonds. The Balaban J connectivity index is 2.01. The maximum Gasteiger partial charge on any atom is 0.292 e. The van der Waals surface area contributed by atoms with E-state index in [4.69, 9.17) is 9.47 Å². The van der Waals surface area contributed by atoms with E-state index >= 15 is 0 Å². The third-order valence-corrected chi connectivity index (χ3v) is 3.51. The maximum absolute atomic E-state index is 11.1. The summed E-state index contributed by atoms with van der Waals surface area (Å²) in [6.45, 7) is 5.29. The van der Waals surface area contributed by atoms with Gasteiger partial charge in [-0.15, -0.1) is 0 Å². The van der Waals surface area contributed by atoms with Gasteiger partial charge in [0.2, 0.25) is 0 Å². The number of hydrogen-bond acceptors (Lipinski definition) is 5. The van der Waals surface area contributed by atoms with Crippen LogP contribution in [0, 0.1) is 16.0 Å². The van der Waals surface area contributed by atoms with E-state index in [2.05, 4.69) is 5.32 Å². The van der Waals surface area contributed by atoms with Crippen LogP contribution in [0.1, 0.15) is 25.3 Å². The number of rotatable bonds is 8. The van der Waals surface area contributed by atoms with Crippen molar-refractivity contribution in [2.24, 2.45) is 5.92 Å². The largest absolute Gasteiger partial charge is 0.381 e. The van der Waals surface area contributed by atoms with Crippen LogP contribution in [0.4, 0.5) is 11.4 Å². The molecular formula is C15H22N2O4. The highest BCUT2D eigenvalue weighted by Crippen LogP contribution is 2.29.